The fourth-order valence-electron chi connectivity index (χ4n) is 0. The van der Waals surface area contributed by atoms with Gasteiger partial charge in [0.1, 0.15) is 22.1 Å². The van der Waals surface area contributed by atoms with Crippen molar-refractivity contribution in [3.63, 3.8) is 0 Å². The zero-order valence-corrected chi connectivity index (χ0v) is 9.10. The van der Waals surface area contributed by atoms with Gasteiger partial charge in [0.2, 0.25) is 9.82 Å². The van der Waals surface area contributed by atoms with E-state index >= 15 is 0 Å². The summed E-state index contributed by atoms with van der Waals surface area (Å²) in [6, 6.07) is 0. The van der Waals surface area contributed by atoms with Gasteiger partial charge in [-0.1, -0.05) is 0 Å². The fraction of sp³-hybridized carbons (Fsp3) is 0. The number of hydrogen-bond acceptors (Lipinski definition) is 4. The van der Waals surface area contributed by atoms with Gasteiger partial charge in [0.25, 0.3) is 0 Å². The third kappa shape index (κ3) is 332. The SMILES string of the molecule is N=[N+]=N.N=[N+]=N.[PbH2]. The van der Waals surface area contributed by atoms with Crippen molar-refractivity contribution < 1.29 is 0 Å². The quantitative estimate of drug-likeness (QED) is 0.257. The van der Waals surface area contributed by atoms with Gasteiger partial charge in [0.15, 0.2) is 0 Å². The zero-order chi connectivity index (χ0) is 5.41. The molecule has 0 saturated heterocycles. The van der Waals surface area contributed by atoms with Gasteiger partial charge in [0.05, 0.1) is 0 Å². The summed E-state index contributed by atoms with van der Waals surface area (Å²) in [5, 5.41) is 0. The van der Waals surface area contributed by atoms with E-state index in [0.717, 1.165) is 0 Å². The molecule has 0 aliphatic rings. The molecule has 7 heavy (non-hydrogen) atoms. The Bertz CT molecular complexity index is 58.2. The van der Waals surface area contributed by atoms with Crippen LogP contribution in [0.15, 0.2) is 0 Å². The molecule has 0 saturated carbocycles. The van der Waals surface area contributed by atoms with Crippen LogP contribution in [0.2, 0.25) is 0 Å². The van der Waals surface area contributed by atoms with Crippen molar-refractivity contribution in [1.29, 1.82) is 22.1 Å². The monoisotopic (exact) mass is 298 g/mol. The number of nitrogens with one attached hydrogen (secondary N) is 4. The van der Waals surface area contributed by atoms with E-state index in [1.54, 1.807) is 0 Å². The van der Waals surface area contributed by atoms with E-state index in [2.05, 4.69) is 0 Å². The van der Waals surface area contributed by atoms with Crippen molar-refractivity contribution in [1.82, 2.24) is 9.82 Å². The van der Waals surface area contributed by atoms with Gasteiger partial charge in [-0.05, 0) is 0 Å². The third-order valence-corrected chi connectivity index (χ3v) is 0. The summed E-state index contributed by atoms with van der Waals surface area (Å²) < 4.78 is 0. The number of nitrogens with zero attached hydrogens (tertiary/aromatic N) is 2. The minimum absolute atomic E-state index is 0. The van der Waals surface area contributed by atoms with E-state index in [9.17, 15) is 0 Å². The molecule has 0 unspecified atom stereocenters. The molecule has 0 spiro atoms. The molecule has 0 bridgehead atoms. The van der Waals surface area contributed by atoms with E-state index in [4.69, 9.17) is 22.1 Å². The Hall–Kier alpha value is -0.458. The topological polar surface area (TPSA) is 124 Å². The van der Waals surface area contributed by atoms with Crippen LogP contribution in [0.25, 0.3) is 0 Å². The molecule has 0 heterocycles. The Morgan fingerprint density at radius 3 is 0.714 bits per heavy atom. The molecule has 0 aromatic heterocycles. The number of rotatable bonds is 0. The zero-order valence-electron chi connectivity index (χ0n) is 3.60. The minimum atomic E-state index is 0. The van der Waals surface area contributed by atoms with Crippen molar-refractivity contribution in [3.8, 4) is 0 Å². The Morgan fingerprint density at radius 1 is 0.714 bits per heavy atom. The normalized spacial score (nSPS) is 2.29. The maximum atomic E-state index is 5.50. The van der Waals surface area contributed by atoms with Crippen LogP contribution < -0.4 is 9.82 Å². The Labute approximate surface area is 59.5 Å². The van der Waals surface area contributed by atoms with Crippen molar-refractivity contribution in [2.45, 2.75) is 0 Å². The molecule has 6 nitrogen and oxygen atoms in total. The second kappa shape index (κ2) is 48.1. The fourth-order valence-corrected chi connectivity index (χ4v) is 0. The van der Waals surface area contributed by atoms with Crippen LogP contribution in [0.4, 0.5) is 0 Å². The van der Waals surface area contributed by atoms with Gasteiger partial charge in [-0.15, -0.1) is 0 Å². The van der Waals surface area contributed by atoms with E-state index < -0.39 is 0 Å². The van der Waals surface area contributed by atoms with Crippen LogP contribution in [-0.2, 0) is 0 Å². The molecule has 0 aliphatic carbocycles. The molecule has 2 radical (unpaired) electrons. The summed E-state index contributed by atoms with van der Waals surface area (Å²) in [7, 11) is 0. The molecule has 0 aliphatic heterocycles. The average molecular weight is 297 g/mol. The van der Waals surface area contributed by atoms with Crippen LogP contribution in [0.5, 0.6) is 0 Å². The third-order valence-electron chi connectivity index (χ3n) is 0. The molecular formula is H6N6Pb+2. The molecule has 0 aromatic carbocycles. The van der Waals surface area contributed by atoms with Gasteiger partial charge >= 0.3 is 27.3 Å². The molecule has 7 heteroatoms. The maximum absolute atomic E-state index is 5.50. The Kier molecular flexibility index (Phi) is 110. The molecule has 0 rings (SSSR count). The predicted molar refractivity (Wildman–Crippen MR) is 23.7 cm³/mol. The summed E-state index contributed by atoms with van der Waals surface area (Å²) in [6.45, 7) is 0. The first kappa shape index (κ1) is 16.0. The molecule has 38 valence electrons. The Morgan fingerprint density at radius 2 is 0.714 bits per heavy atom. The second-order valence-electron chi connectivity index (χ2n) is 0.224. The van der Waals surface area contributed by atoms with E-state index in [1.165, 1.54) is 0 Å². The van der Waals surface area contributed by atoms with Crippen LogP contribution in [0, 0.1) is 22.1 Å². The first-order valence-electron chi connectivity index (χ1n) is 0.894. The molecule has 0 fully saturated rings. The van der Waals surface area contributed by atoms with E-state index in [-0.39, 0.29) is 27.3 Å². The molecule has 0 aromatic rings. The molecular weight excluding hydrogens is 291 g/mol. The van der Waals surface area contributed by atoms with Gasteiger partial charge in [-0.25, -0.2) is 0 Å². The summed E-state index contributed by atoms with van der Waals surface area (Å²) in [6.07, 6.45) is 0. The summed E-state index contributed by atoms with van der Waals surface area (Å²) in [5.74, 6) is 0. The van der Waals surface area contributed by atoms with Gasteiger partial charge in [0, 0.05) is 0 Å². The van der Waals surface area contributed by atoms with E-state index in [1.807, 2.05) is 9.82 Å². The first-order chi connectivity index (χ1) is 2.83. The molecule has 0 atom stereocenters. The van der Waals surface area contributed by atoms with Crippen molar-refractivity contribution >= 4 is 27.3 Å². The van der Waals surface area contributed by atoms with Crippen molar-refractivity contribution in [2.24, 2.45) is 0 Å². The predicted octanol–water partition coefficient (Wildman–Crippen LogP) is -0.685. The van der Waals surface area contributed by atoms with Gasteiger partial charge in [-0.3, -0.25) is 0 Å². The van der Waals surface area contributed by atoms with Crippen LogP contribution in [0.3, 0.4) is 0 Å². The first-order valence-corrected chi connectivity index (χ1v) is 0.894. The van der Waals surface area contributed by atoms with Crippen molar-refractivity contribution in [2.75, 3.05) is 0 Å². The second-order valence-corrected chi connectivity index (χ2v) is 0.224. The van der Waals surface area contributed by atoms with Crippen molar-refractivity contribution in [3.05, 3.63) is 0 Å². The van der Waals surface area contributed by atoms with Gasteiger partial charge in [-0.2, -0.15) is 0 Å². The molecule has 4 N–H and O–H groups in total. The summed E-state index contributed by atoms with van der Waals surface area (Å²) in [5.41, 5.74) is 22.0. The van der Waals surface area contributed by atoms with Crippen LogP contribution >= 0.6 is 0 Å². The van der Waals surface area contributed by atoms with Gasteiger partial charge < -0.3 is 0 Å². The average Bonchev–Trinajstić information content (AvgIpc) is 1.39. The summed E-state index contributed by atoms with van der Waals surface area (Å²) >= 11 is 0. The standard InChI is InChI=1S/2H2N3.Pb.2H/c2*1-3-2;;;/h2*1-2H;;;/q2*+1;;;. The van der Waals surface area contributed by atoms with Crippen LogP contribution in [0.1, 0.15) is 0 Å². The molecule has 0 amide bonds. The van der Waals surface area contributed by atoms with Crippen LogP contribution in [-0.4, -0.2) is 27.3 Å². The summed E-state index contributed by atoms with van der Waals surface area (Å²) in [4.78, 5) is 4.00. The number of hydrogen-bond donors (Lipinski definition) is 4. The van der Waals surface area contributed by atoms with E-state index in [0.29, 0.717) is 0 Å². The Balaban J connectivity index is -0.0000000400.